The average molecular weight is 198 g/mol. The topological polar surface area (TPSA) is 115 Å². The summed E-state index contributed by atoms with van der Waals surface area (Å²) in [6.45, 7) is 0. The minimum atomic E-state index is -4.06. The van der Waals surface area contributed by atoms with Gasteiger partial charge in [-0.15, -0.1) is 0 Å². The van der Waals surface area contributed by atoms with E-state index in [0.717, 1.165) is 0 Å². The van der Waals surface area contributed by atoms with Crippen LogP contribution in [-0.2, 0) is 9.36 Å². The highest BCUT2D eigenvalue weighted by atomic mass is 31.2. The highest BCUT2D eigenvalue weighted by Gasteiger charge is 2.16. The Kier molecular flexibility index (Phi) is 4.41. The Hall–Kier alpha value is -0.420. The van der Waals surface area contributed by atoms with Crippen molar-refractivity contribution in [1.82, 2.24) is 0 Å². The largest absolute Gasteiger partial charge is 0.479 e. The van der Waals surface area contributed by atoms with E-state index in [4.69, 9.17) is 20.0 Å². The maximum Gasteiger partial charge on any atom is 0.332 e. The fourth-order valence-corrected chi connectivity index (χ4v) is 1.21. The smallest absolute Gasteiger partial charge is 0.332 e. The number of aliphatic hydroxyl groups is 1. The van der Waals surface area contributed by atoms with Crippen molar-refractivity contribution in [3.05, 3.63) is 0 Å². The second kappa shape index (κ2) is 4.57. The van der Waals surface area contributed by atoms with E-state index in [2.05, 4.69) is 0 Å². The SMILES string of the molecule is O=C(O)[C@@H](O)CCCP(=O)(O)O. The van der Waals surface area contributed by atoms with Crippen molar-refractivity contribution < 1.29 is 29.4 Å². The highest BCUT2D eigenvalue weighted by Crippen LogP contribution is 2.35. The van der Waals surface area contributed by atoms with Crippen molar-refractivity contribution in [2.45, 2.75) is 18.9 Å². The molecule has 0 aromatic rings. The van der Waals surface area contributed by atoms with Gasteiger partial charge in [-0.2, -0.15) is 0 Å². The number of carboxylic acid groups (broad SMARTS) is 1. The van der Waals surface area contributed by atoms with Gasteiger partial charge in [0.1, 0.15) is 0 Å². The van der Waals surface area contributed by atoms with Crippen LogP contribution in [0.15, 0.2) is 0 Å². The summed E-state index contributed by atoms with van der Waals surface area (Å²) >= 11 is 0. The number of hydrogen-bond donors (Lipinski definition) is 4. The predicted molar refractivity (Wildman–Crippen MR) is 39.8 cm³/mol. The van der Waals surface area contributed by atoms with Crippen molar-refractivity contribution in [3.8, 4) is 0 Å². The van der Waals surface area contributed by atoms with E-state index in [1.807, 2.05) is 0 Å². The van der Waals surface area contributed by atoms with E-state index in [-0.39, 0.29) is 12.8 Å². The molecule has 7 heteroatoms. The quantitative estimate of drug-likeness (QED) is 0.438. The van der Waals surface area contributed by atoms with Crippen LogP contribution >= 0.6 is 7.60 Å². The van der Waals surface area contributed by atoms with Gasteiger partial charge in [0.05, 0.1) is 0 Å². The van der Waals surface area contributed by atoms with Crippen LogP contribution < -0.4 is 0 Å². The summed E-state index contributed by atoms with van der Waals surface area (Å²) in [4.78, 5) is 26.7. The molecular weight excluding hydrogens is 187 g/mol. The van der Waals surface area contributed by atoms with E-state index < -0.39 is 25.8 Å². The zero-order valence-electron chi connectivity index (χ0n) is 6.25. The zero-order chi connectivity index (χ0) is 9.78. The molecule has 0 amide bonds. The summed E-state index contributed by atoms with van der Waals surface area (Å²) in [5.74, 6) is -1.37. The van der Waals surface area contributed by atoms with Gasteiger partial charge in [-0.1, -0.05) is 0 Å². The first-order chi connectivity index (χ1) is 5.33. The molecular formula is C5H11O6P. The molecule has 0 bridgehead atoms. The molecule has 0 aromatic heterocycles. The lowest BCUT2D eigenvalue weighted by Gasteiger charge is -2.05. The third-order valence-corrected chi connectivity index (χ3v) is 2.11. The molecule has 0 heterocycles. The fraction of sp³-hybridized carbons (Fsp3) is 0.800. The minimum Gasteiger partial charge on any atom is -0.479 e. The van der Waals surface area contributed by atoms with Gasteiger partial charge in [-0.25, -0.2) is 4.79 Å². The van der Waals surface area contributed by atoms with E-state index in [1.165, 1.54) is 0 Å². The molecule has 0 rings (SSSR count). The van der Waals surface area contributed by atoms with E-state index >= 15 is 0 Å². The maximum absolute atomic E-state index is 10.2. The first kappa shape index (κ1) is 11.6. The molecule has 0 saturated carbocycles. The molecule has 0 aliphatic heterocycles. The molecule has 1 atom stereocenters. The van der Waals surface area contributed by atoms with Gasteiger partial charge in [0.25, 0.3) is 0 Å². The summed E-state index contributed by atoms with van der Waals surface area (Å²) in [6.07, 6.45) is -2.06. The molecule has 6 nitrogen and oxygen atoms in total. The molecule has 0 spiro atoms. The summed E-state index contributed by atoms with van der Waals surface area (Å²) in [5, 5.41) is 16.8. The van der Waals surface area contributed by atoms with Crippen LogP contribution in [-0.4, -0.2) is 38.2 Å². The minimum absolute atomic E-state index is 0.00224. The van der Waals surface area contributed by atoms with Crippen LogP contribution in [0.4, 0.5) is 0 Å². The van der Waals surface area contributed by atoms with Crippen LogP contribution in [0.2, 0.25) is 0 Å². The number of carboxylic acids is 1. The first-order valence-corrected chi connectivity index (χ1v) is 5.08. The fourth-order valence-electron chi connectivity index (χ4n) is 0.614. The Bertz CT molecular complexity index is 196. The van der Waals surface area contributed by atoms with Gasteiger partial charge in [0, 0.05) is 6.16 Å². The number of rotatable bonds is 5. The molecule has 4 N–H and O–H groups in total. The molecule has 12 heavy (non-hydrogen) atoms. The maximum atomic E-state index is 10.2. The lowest BCUT2D eigenvalue weighted by molar-refractivity contribution is -0.146. The van der Waals surface area contributed by atoms with Crippen molar-refractivity contribution in [2.24, 2.45) is 0 Å². The monoisotopic (exact) mass is 198 g/mol. The van der Waals surface area contributed by atoms with Crippen LogP contribution in [0.5, 0.6) is 0 Å². The van der Waals surface area contributed by atoms with Gasteiger partial charge in [0.2, 0.25) is 0 Å². The molecule has 0 unspecified atom stereocenters. The van der Waals surface area contributed by atoms with Crippen molar-refractivity contribution in [3.63, 3.8) is 0 Å². The zero-order valence-corrected chi connectivity index (χ0v) is 7.15. The van der Waals surface area contributed by atoms with Gasteiger partial charge >= 0.3 is 13.6 Å². The number of hydrogen-bond acceptors (Lipinski definition) is 3. The predicted octanol–water partition coefficient (Wildman–Crippen LogP) is -0.610. The highest BCUT2D eigenvalue weighted by molar-refractivity contribution is 7.51. The van der Waals surface area contributed by atoms with Crippen LogP contribution in [0, 0.1) is 0 Å². The van der Waals surface area contributed by atoms with E-state index in [9.17, 15) is 9.36 Å². The van der Waals surface area contributed by atoms with Crippen LogP contribution in [0.1, 0.15) is 12.8 Å². The normalized spacial score (nSPS) is 14.2. The molecule has 0 radical (unpaired) electrons. The number of carbonyl (C=O) groups is 1. The van der Waals surface area contributed by atoms with Gasteiger partial charge in [-0.05, 0) is 12.8 Å². The Morgan fingerprint density at radius 3 is 2.25 bits per heavy atom. The summed E-state index contributed by atoms with van der Waals surface area (Å²) in [6, 6.07) is 0. The summed E-state index contributed by atoms with van der Waals surface area (Å²) < 4.78 is 10.2. The molecule has 0 saturated heterocycles. The van der Waals surface area contributed by atoms with Gasteiger partial charge in [-0.3, -0.25) is 4.57 Å². The van der Waals surface area contributed by atoms with Gasteiger partial charge in [0.15, 0.2) is 6.10 Å². The summed E-state index contributed by atoms with van der Waals surface area (Å²) in [7, 11) is -4.06. The van der Waals surface area contributed by atoms with Crippen LogP contribution in [0.25, 0.3) is 0 Å². The Balaban J connectivity index is 3.58. The van der Waals surface area contributed by atoms with E-state index in [1.54, 1.807) is 0 Å². The lowest BCUT2D eigenvalue weighted by atomic mass is 10.2. The second-order valence-electron chi connectivity index (χ2n) is 2.38. The third-order valence-electron chi connectivity index (χ3n) is 1.21. The number of aliphatic carboxylic acids is 1. The molecule has 0 aromatic carbocycles. The van der Waals surface area contributed by atoms with Crippen molar-refractivity contribution in [1.29, 1.82) is 0 Å². The average Bonchev–Trinajstić information content (AvgIpc) is 1.84. The summed E-state index contributed by atoms with van der Waals surface area (Å²) in [5.41, 5.74) is 0. The van der Waals surface area contributed by atoms with Gasteiger partial charge < -0.3 is 20.0 Å². The standard InChI is InChI=1S/C5H11O6P/c6-4(5(7)8)2-1-3-12(9,10)11/h4,6H,1-3H2,(H,7,8)(H2,9,10,11)/t4-/m0/s1. The van der Waals surface area contributed by atoms with Crippen molar-refractivity contribution >= 4 is 13.6 Å². The first-order valence-electron chi connectivity index (χ1n) is 3.28. The lowest BCUT2D eigenvalue weighted by Crippen LogP contribution is -2.19. The third kappa shape index (κ3) is 6.30. The molecule has 72 valence electrons. The molecule has 0 fully saturated rings. The molecule has 0 aliphatic carbocycles. The molecule has 0 aliphatic rings. The van der Waals surface area contributed by atoms with E-state index in [0.29, 0.717) is 0 Å². The Labute approximate surface area is 69.0 Å². The number of aliphatic hydroxyl groups excluding tert-OH is 1. The second-order valence-corrected chi connectivity index (χ2v) is 4.16. The Morgan fingerprint density at radius 2 is 1.92 bits per heavy atom. The van der Waals surface area contributed by atoms with Crippen molar-refractivity contribution in [2.75, 3.05) is 6.16 Å². The Morgan fingerprint density at radius 1 is 1.42 bits per heavy atom. The van der Waals surface area contributed by atoms with Crippen LogP contribution in [0.3, 0.4) is 0 Å².